The Labute approximate surface area is 142 Å². The summed E-state index contributed by atoms with van der Waals surface area (Å²) in [5.74, 6) is 1.48. The van der Waals surface area contributed by atoms with Crippen LogP contribution in [0.5, 0.6) is 0 Å². The van der Waals surface area contributed by atoms with Crippen LogP contribution in [0.1, 0.15) is 24.1 Å². The van der Waals surface area contributed by atoms with E-state index in [2.05, 4.69) is 20.3 Å². The molecule has 1 aliphatic heterocycles. The number of hydrogen-bond acceptors (Lipinski definition) is 6. The molecular formula is C18H24N4O2. The van der Waals surface area contributed by atoms with Crippen molar-refractivity contribution in [2.45, 2.75) is 32.8 Å². The highest BCUT2D eigenvalue weighted by atomic mass is 16.5. The van der Waals surface area contributed by atoms with Gasteiger partial charge in [0.25, 0.3) is 0 Å². The van der Waals surface area contributed by atoms with Gasteiger partial charge in [0, 0.05) is 30.6 Å². The third kappa shape index (κ3) is 4.27. The number of nitrogens with one attached hydrogen (secondary N) is 1. The fraction of sp³-hybridized carbons (Fsp3) is 0.500. The van der Waals surface area contributed by atoms with Gasteiger partial charge in [-0.3, -0.25) is 4.98 Å². The molecule has 0 bridgehead atoms. The maximum atomic E-state index is 5.68. The van der Waals surface area contributed by atoms with Crippen LogP contribution in [-0.4, -0.2) is 47.4 Å². The number of nitrogens with zero attached hydrogens (tertiary/aromatic N) is 3. The molecule has 2 aromatic heterocycles. The Morgan fingerprint density at radius 1 is 1.29 bits per heavy atom. The van der Waals surface area contributed by atoms with Crippen LogP contribution in [0, 0.1) is 13.8 Å². The highest BCUT2D eigenvalue weighted by Crippen LogP contribution is 2.20. The topological polar surface area (TPSA) is 69.2 Å². The fourth-order valence-corrected chi connectivity index (χ4v) is 2.64. The molecule has 0 saturated carbocycles. The summed E-state index contributed by atoms with van der Waals surface area (Å²) in [6.07, 6.45) is 4.26. The number of aromatic nitrogens is 3. The molecule has 6 nitrogen and oxygen atoms in total. The molecule has 1 fully saturated rings. The first-order valence-corrected chi connectivity index (χ1v) is 8.44. The third-order valence-corrected chi connectivity index (χ3v) is 4.15. The van der Waals surface area contributed by atoms with Crippen molar-refractivity contribution in [1.29, 1.82) is 0 Å². The lowest BCUT2D eigenvalue weighted by Gasteiger charge is -2.13. The van der Waals surface area contributed by atoms with E-state index in [4.69, 9.17) is 9.47 Å². The number of rotatable bonds is 7. The van der Waals surface area contributed by atoms with Gasteiger partial charge in [-0.25, -0.2) is 9.97 Å². The molecule has 2 aromatic rings. The Morgan fingerprint density at radius 3 is 2.96 bits per heavy atom. The Kier molecular flexibility index (Phi) is 5.72. The Balaban J connectivity index is 1.57. The number of pyridine rings is 1. The van der Waals surface area contributed by atoms with Gasteiger partial charge in [-0.15, -0.1) is 0 Å². The van der Waals surface area contributed by atoms with Crippen molar-refractivity contribution in [3.05, 3.63) is 35.7 Å². The van der Waals surface area contributed by atoms with Gasteiger partial charge in [0.05, 0.1) is 19.3 Å². The highest BCUT2D eigenvalue weighted by molar-refractivity contribution is 5.56. The standard InChI is InChI=1S/C18H24N4O2/c1-13-14(2)21-18(16-7-3-4-8-19-16)22-17(13)20-9-11-23-12-15-6-5-10-24-15/h3-4,7-8,15H,5-6,9-12H2,1-2H3,(H,20,21,22). The lowest BCUT2D eigenvalue weighted by atomic mass is 10.2. The lowest BCUT2D eigenvalue weighted by Crippen LogP contribution is -2.18. The molecule has 1 unspecified atom stereocenters. The zero-order chi connectivity index (χ0) is 16.8. The van der Waals surface area contributed by atoms with Gasteiger partial charge in [0.15, 0.2) is 5.82 Å². The van der Waals surface area contributed by atoms with E-state index in [0.717, 1.165) is 42.2 Å². The molecule has 1 N–H and O–H groups in total. The fourth-order valence-electron chi connectivity index (χ4n) is 2.64. The number of anilines is 1. The third-order valence-electron chi connectivity index (χ3n) is 4.15. The second-order valence-electron chi connectivity index (χ2n) is 5.96. The van der Waals surface area contributed by atoms with E-state index in [1.807, 2.05) is 32.0 Å². The molecule has 1 saturated heterocycles. The van der Waals surface area contributed by atoms with Crippen molar-refractivity contribution in [3.63, 3.8) is 0 Å². The summed E-state index contributed by atoms with van der Waals surface area (Å²) in [5, 5.41) is 3.34. The second kappa shape index (κ2) is 8.17. The van der Waals surface area contributed by atoms with Crippen LogP contribution in [0.3, 0.4) is 0 Å². The predicted octanol–water partition coefficient (Wildman–Crippen LogP) is 2.76. The SMILES string of the molecule is Cc1nc(-c2ccccn2)nc(NCCOCC2CCCO2)c1C. The van der Waals surface area contributed by atoms with Crippen molar-refractivity contribution in [1.82, 2.24) is 15.0 Å². The van der Waals surface area contributed by atoms with Gasteiger partial charge in [-0.05, 0) is 38.8 Å². The number of hydrogen-bond donors (Lipinski definition) is 1. The first-order valence-electron chi connectivity index (χ1n) is 8.44. The van der Waals surface area contributed by atoms with E-state index < -0.39 is 0 Å². The molecule has 0 aromatic carbocycles. The molecule has 1 atom stereocenters. The minimum Gasteiger partial charge on any atom is -0.377 e. The minimum atomic E-state index is 0.267. The molecule has 0 radical (unpaired) electrons. The van der Waals surface area contributed by atoms with E-state index in [-0.39, 0.29) is 6.10 Å². The van der Waals surface area contributed by atoms with E-state index in [0.29, 0.717) is 25.6 Å². The van der Waals surface area contributed by atoms with Crippen LogP contribution < -0.4 is 5.32 Å². The summed E-state index contributed by atoms with van der Waals surface area (Å²) in [5.41, 5.74) is 2.78. The smallest absolute Gasteiger partial charge is 0.180 e. The van der Waals surface area contributed by atoms with E-state index in [1.54, 1.807) is 6.20 Å². The van der Waals surface area contributed by atoms with Gasteiger partial charge < -0.3 is 14.8 Å². The summed E-state index contributed by atoms with van der Waals surface area (Å²) in [6.45, 7) is 6.87. The Bertz CT molecular complexity index is 658. The van der Waals surface area contributed by atoms with Crippen LogP contribution >= 0.6 is 0 Å². The highest BCUT2D eigenvalue weighted by Gasteiger charge is 2.15. The second-order valence-corrected chi connectivity index (χ2v) is 5.96. The van der Waals surface area contributed by atoms with Crippen molar-refractivity contribution in [3.8, 4) is 11.5 Å². The van der Waals surface area contributed by atoms with Crippen LogP contribution in [0.15, 0.2) is 24.4 Å². The lowest BCUT2D eigenvalue weighted by molar-refractivity contribution is 0.0206. The summed E-state index contributed by atoms with van der Waals surface area (Å²) < 4.78 is 11.2. The van der Waals surface area contributed by atoms with Crippen LogP contribution in [0.25, 0.3) is 11.5 Å². The molecule has 3 rings (SSSR count). The minimum absolute atomic E-state index is 0.267. The molecule has 24 heavy (non-hydrogen) atoms. The molecule has 128 valence electrons. The van der Waals surface area contributed by atoms with E-state index in [1.165, 1.54) is 0 Å². The normalized spacial score (nSPS) is 17.2. The van der Waals surface area contributed by atoms with Crippen LogP contribution in [-0.2, 0) is 9.47 Å². The molecule has 3 heterocycles. The Morgan fingerprint density at radius 2 is 2.21 bits per heavy atom. The first-order chi connectivity index (χ1) is 11.7. The molecular weight excluding hydrogens is 304 g/mol. The van der Waals surface area contributed by atoms with E-state index >= 15 is 0 Å². The predicted molar refractivity (Wildman–Crippen MR) is 93.0 cm³/mol. The number of aryl methyl sites for hydroxylation is 1. The molecule has 6 heteroatoms. The maximum absolute atomic E-state index is 5.68. The molecule has 0 aliphatic carbocycles. The van der Waals surface area contributed by atoms with Crippen molar-refractivity contribution >= 4 is 5.82 Å². The van der Waals surface area contributed by atoms with Gasteiger partial charge >= 0.3 is 0 Å². The summed E-state index contributed by atoms with van der Waals surface area (Å²) >= 11 is 0. The molecule has 1 aliphatic rings. The summed E-state index contributed by atoms with van der Waals surface area (Å²) in [7, 11) is 0. The van der Waals surface area contributed by atoms with Crippen molar-refractivity contribution in [2.75, 3.05) is 31.7 Å². The van der Waals surface area contributed by atoms with Crippen LogP contribution in [0.2, 0.25) is 0 Å². The molecule has 0 amide bonds. The summed E-state index contributed by atoms with van der Waals surface area (Å²) in [4.78, 5) is 13.5. The van der Waals surface area contributed by atoms with Crippen LogP contribution in [0.4, 0.5) is 5.82 Å². The quantitative estimate of drug-likeness (QED) is 0.788. The van der Waals surface area contributed by atoms with Gasteiger partial charge in [-0.2, -0.15) is 0 Å². The average molecular weight is 328 g/mol. The largest absolute Gasteiger partial charge is 0.377 e. The monoisotopic (exact) mass is 328 g/mol. The van der Waals surface area contributed by atoms with Crippen molar-refractivity contribution in [2.24, 2.45) is 0 Å². The number of ether oxygens (including phenoxy) is 2. The first kappa shape index (κ1) is 16.8. The van der Waals surface area contributed by atoms with E-state index in [9.17, 15) is 0 Å². The zero-order valence-corrected chi connectivity index (χ0v) is 14.3. The summed E-state index contributed by atoms with van der Waals surface area (Å²) in [6, 6.07) is 5.74. The Hall–Kier alpha value is -2.05. The maximum Gasteiger partial charge on any atom is 0.180 e. The van der Waals surface area contributed by atoms with Gasteiger partial charge in [-0.1, -0.05) is 6.07 Å². The van der Waals surface area contributed by atoms with Gasteiger partial charge in [0.1, 0.15) is 11.5 Å². The zero-order valence-electron chi connectivity index (χ0n) is 14.3. The molecule has 0 spiro atoms. The van der Waals surface area contributed by atoms with Crippen molar-refractivity contribution < 1.29 is 9.47 Å². The van der Waals surface area contributed by atoms with Gasteiger partial charge in [0.2, 0.25) is 0 Å². The average Bonchev–Trinajstić information content (AvgIpc) is 3.12.